The summed E-state index contributed by atoms with van der Waals surface area (Å²) in [5, 5.41) is 14.5. The van der Waals surface area contributed by atoms with E-state index in [9.17, 15) is 24.5 Å². The number of non-ortho nitro benzene ring substituents is 1. The van der Waals surface area contributed by atoms with Crippen LogP contribution >= 0.6 is 0 Å². The summed E-state index contributed by atoms with van der Waals surface area (Å²) in [5.74, 6) is -2.06. The molecule has 2 aliphatic heterocycles. The van der Waals surface area contributed by atoms with Crippen molar-refractivity contribution in [2.45, 2.75) is 58.0 Å². The van der Waals surface area contributed by atoms with Crippen LogP contribution in [0.1, 0.15) is 62.7 Å². The second kappa shape index (κ2) is 12.0. The number of hydrogen-bond donors (Lipinski definition) is 1. The SMILES string of the molecule is CCOC(=O)C(Nc1cc([N+](=O)[O-])ccc1C(=O)N1CCCCC1)(C(=O)OCC)N1CCCCC1. The maximum absolute atomic E-state index is 13.4. The Morgan fingerprint density at radius 3 is 2.00 bits per heavy atom. The topological polar surface area (TPSA) is 131 Å². The number of nitro groups is 1. The number of anilines is 1. The van der Waals surface area contributed by atoms with Gasteiger partial charge in [-0.3, -0.25) is 19.8 Å². The lowest BCUT2D eigenvalue weighted by molar-refractivity contribution is -0.384. The fourth-order valence-electron chi connectivity index (χ4n) is 4.62. The van der Waals surface area contributed by atoms with Crippen LogP contribution in [0.3, 0.4) is 0 Å². The third-order valence-electron chi connectivity index (χ3n) is 6.38. The van der Waals surface area contributed by atoms with Crippen LogP contribution in [0.15, 0.2) is 18.2 Å². The molecular formula is C24H34N4O7. The molecule has 0 atom stereocenters. The number of piperidine rings is 2. The number of rotatable bonds is 9. The van der Waals surface area contributed by atoms with Gasteiger partial charge in [-0.1, -0.05) is 6.42 Å². The first kappa shape index (κ1) is 26.4. The highest BCUT2D eigenvalue weighted by atomic mass is 16.6. The molecule has 0 spiro atoms. The molecule has 0 radical (unpaired) electrons. The quantitative estimate of drug-likeness (QED) is 0.240. The molecule has 11 nitrogen and oxygen atoms in total. The van der Waals surface area contributed by atoms with Gasteiger partial charge in [0, 0.05) is 38.3 Å². The van der Waals surface area contributed by atoms with E-state index in [-0.39, 0.29) is 36.1 Å². The summed E-state index contributed by atoms with van der Waals surface area (Å²) in [5.41, 5.74) is -2.20. The Balaban J connectivity index is 2.14. The molecule has 35 heavy (non-hydrogen) atoms. The fourth-order valence-corrected chi connectivity index (χ4v) is 4.62. The summed E-state index contributed by atoms with van der Waals surface area (Å²) < 4.78 is 10.6. The van der Waals surface area contributed by atoms with Crippen LogP contribution in [0, 0.1) is 10.1 Å². The van der Waals surface area contributed by atoms with Gasteiger partial charge < -0.3 is 19.7 Å². The number of carbonyl (C=O) groups is 3. The average Bonchev–Trinajstić information content (AvgIpc) is 2.88. The highest BCUT2D eigenvalue weighted by molar-refractivity contribution is 6.09. The van der Waals surface area contributed by atoms with Crippen molar-refractivity contribution in [3.63, 3.8) is 0 Å². The van der Waals surface area contributed by atoms with Crippen molar-refractivity contribution in [1.29, 1.82) is 0 Å². The van der Waals surface area contributed by atoms with Crippen molar-refractivity contribution in [3.8, 4) is 0 Å². The van der Waals surface area contributed by atoms with Crippen LogP contribution in [-0.2, 0) is 19.1 Å². The minimum absolute atomic E-state index is 0.0152. The molecule has 0 saturated carbocycles. The molecule has 0 aromatic heterocycles. The van der Waals surface area contributed by atoms with Gasteiger partial charge >= 0.3 is 11.9 Å². The highest BCUT2D eigenvalue weighted by Crippen LogP contribution is 2.32. The first-order valence-electron chi connectivity index (χ1n) is 12.3. The smallest absolute Gasteiger partial charge is 0.359 e. The monoisotopic (exact) mass is 490 g/mol. The second-order valence-electron chi connectivity index (χ2n) is 8.66. The molecule has 0 aliphatic carbocycles. The number of benzene rings is 1. The zero-order valence-corrected chi connectivity index (χ0v) is 20.4. The van der Waals surface area contributed by atoms with Crippen LogP contribution in [0.2, 0.25) is 0 Å². The lowest BCUT2D eigenvalue weighted by Crippen LogP contribution is -2.67. The maximum Gasteiger partial charge on any atom is 0.359 e. The molecule has 1 N–H and O–H groups in total. The van der Waals surface area contributed by atoms with E-state index in [0.717, 1.165) is 38.5 Å². The van der Waals surface area contributed by atoms with Gasteiger partial charge in [0.15, 0.2) is 0 Å². The first-order valence-corrected chi connectivity index (χ1v) is 12.3. The maximum atomic E-state index is 13.4. The molecule has 1 aromatic rings. The zero-order chi connectivity index (χ0) is 25.4. The van der Waals surface area contributed by atoms with Gasteiger partial charge in [0.1, 0.15) is 0 Å². The standard InChI is InChI=1S/C24H34N4O7/c1-3-34-22(30)24(23(31)35-4-2,27-15-9-6-10-16-27)25-20-17-18(28(32)33)11-12-19(20)21(29)26-13-7-5-8-14-26/h11-12,17,25H,3-10,13-16H2,1-2H3. The summed E-state index contributed by atoms with van der Waals surface area (Å²) in [6.07, 6.45) is 5.19. The molecule has 1 amide bonds. The van der Waals surface area contributed by atoms with Crippen LogP contribution in [-0.4, -0.2) is 77.6 Å². The Morgan fingerprint density at radius 1 is 0.943 bits per heavy atom. The first-order chi connectivity index (χ1) is 16.8. The van der Waals surface area contributed by atoms with Gasteiger partial charge in [0.05, 0.1) is 29.4 Å². The van der Waals surface area contributed by atoms with E-state index in [1.807, 2.05) is 0 Å². The van der Waals surface area contributed by atoms with Gasteiger partial charge in [0.25, 0.3) is 17.3 Å². The lowest BCUT2D eigenvalue weighted by atomic mass is 10.0. The van der Waals surface area contributed by atoms with Crippen molar-refractivity contribution < 1.29 is 28.8 Å². The van der Waals surface area contributed by atoms with Gasteiger partial charge in [-0.15, -0.1) is 0 Å². The number of ether oxygens (including phenoxy) is 2. The third-order valence-corrected chi connectivity index (χ3v) is 6.38. The van der Waals surface area contributed by atoms with E-state index in [4.69, 9.17) is 9.47 Å². The summed E-state index contributed by atoms with van der Waals surface area (Å²) in [4.78, 5) is 54.6. The summed E-state index contributed by atoms with van der Waals surface area (Å²) in [6.45, 7) is 5.26. The largest absolute Gasteiger partial charge is 0.463 e. The molecule has 2 aliphatic rings. The molecular weight excluding hydrogens is 456 g/mol. The molecule has 2 fully saturated rings. The molecule has 0 bridgehead atoms. The zero-order valence-electron chi connectivity index (χ0n) is 20.4. The number of likely N-dealkylation sites (tertiary alicyclic amines) is 2. The Kier molecular flexibility index (Phi) is 9.02. The van der Waals surface area contributed by atoms with E-state index >= 15 is 0 Å². The average molecular weight is 491 g/mol. The number of carbonyl (C=O) groups excluding carboxylic acids is 3. The second-order valence-corrected chi connectivity index (χ2v) is 8.66. The lowest BCUT2D eigenvalue weighted by Gasteiger charge is -2.42. The van der Waals surface area contributed by atoms with Crippen molar-refractivity contribution >= 4 is 29.2 Å². The number of nitrogens with zero attached hydrogens (tertiary/aromatic N) is 3. The van der Waals surface area contributed by atoms with Crippen LogP contribution in [0.25, 0.3) is 0 Å². The van der Waals surface area contributed by atoms with Crippen molar-refractivity contribution in [2.75, 3.05) is 44.7 Å². The molecule has 0 unspecified atom stereocenters. The van der Waals surface area contributed by atoms with Crippen LogP contribution < -0.4 is 5.32 Å². The van der Waals surface area contributed by atoms with Crippen LogP contribution in [0.4, 0.5) is 11.4 Å². The van der Waals surface area contributed by atoms with Gasteiger partial charge in [-0.05, 0) is 52.0 Å². The summed E-state index contributed by atoms with van der Waals surface area (Å²) in [7, 11) is 0. The Hall–Kier alpha value is -3.21. The van der Waals surface area contributed by atoms with Gasteiger partial charge in [0.2, 0.25) is 0 Å². The van der Waals surface area contributed by atoms with Crippen molar-refractivity contribution in [3.05, 3.63) is 33.9 Å². The minimum atomic E-state index is -2.08. The molecule has 2 saturated heterocycles. The number of amides is 1. The number of nitro benzene ring substituents is 1. The van der Waals surface area contributed by atoms with Gasteiger partial charge in [-0.25, -0.2) is 9.59 Å². The van der Waals surface area contributed by atoms with Crippen molar-refractivity contribution in [2.24, 2.45) is 0 Å². The minimum Gasteiger partial charge on any atom is -0.463 e. The third kappa shape index (κ3) is 5.72. The summed E-state index contributed by atoms with van der Waals surface area (Å²) in [6, 6.07) is 3.81. The number of esters is 2. The Bertz CT molecular complexity index is 922. The van der Waals surface area contributed by atoms with E-state index in [1.165, 1.54) is 18.2 Å². The highest BCUT2D eigenvalue weighted by Gasteiger charge is 2.55. The van der Waals surface area contributed by atoms with E-state index in [1.54, 1.807) is 23.6 Å². The fraction of sp³-hybridized carbons (Fsp3) is 0.625. The molecule has 11 heteroatoms. The molecule has 1 aromatic carbocycles. The predicted molar refractivity (Wildman–Crippen MR) is 128 cm³/mol. The van der Waals surface area contributed by atoms with E-state index in [2.05, 4.69) is 5.32 Å². The van der Waals surface area contributed by atoms with E-state index in [0.29, 0.717) is 26.2 Å². The van der Waals surface area contributed by atoms with Crippen molar-refractivity contribution in [1.82, 2.24) is 9.80 Å². The normalized spacial score (nSPS) is 16.9. The Morgan fingerprint density at radius 2 is 1.49 bits per heavy atom. The summed E-state index contributed by atoms with van der Waals surface area (Å²) >= 11 is 0. The molecule has 192 valence electrons. The molecule has 3 rings (SSSR count). The number of hydrogen-bond acceptors (Lipinski definition) is 9. The van der Waals surface area contributed by atoms with E-state index < -0.39 is 22.5 Å². The van der Waals surface area contributed by atoms with Crippen LogP contribution in [0.5, 0.6) is 0 Å². The van der Waals surface area contributed by atoms with Gasteiger partial charge in [-0.2, -0.15) is 0 Å². The molecule has 2 heterocycles. The Labute approximate surface area is 204 Å². The predicted octanol–water partition coefficient (Wildman–Crippen LogP) is 2.94. The number of nitrogens with one attached hydrogen (secondary N) is 1.